The van der Waals surface area contributed by atoms with Crippen molar-refractivity contribution in [1.29, 1.82) is 0 Å². The van der Waals surface area contributed by atoms with Crippen LogP contribution >= 0.6 is 144 Å². The van der Waals surface area contributed by atoms with E-state index in [4.69, 9.17) is 36.2 Å². The fourth-order valence-electron chi connectivity index (χ4n) is 6.49. The third-order valence-corrected chi connectivity index (χ3v) is 41.2. The van der Waals surface area contributed by atoms with Gasteiger partial charge in [-0.15, -0.1) is 0 Å². The van der Waals surface area contributed by atoms with Crippen molar-refractivity contribution in [3.63, 3.8) is 0 Å². The molecule has 9 atom stereocenters. The van der Waals surface area contributed by atoms with E-state index in [0.29, 0.717) is 37.8 Å². The minimum atomic E-state index is -2.41. The molecule has 0 aliphatic heterocycles. The zero-order valence-electron chi connectivity index (χ0n) is 62.3. The number of rotatable bonds is 29. The monoisotopic (exact) mass is 1590 g/mol. The van der Waals surface area contributed by atoms with Crippen LogP contribution in [0, 0.1) is 16.7 Å². The first-order valence-electron chi connectivity index (χ1n) is 30.6. The maximum absolute atomic E-state index is 11.6. The maximum Gasteiger partial charge on any atom is 0.254 e. The van der Waals surface area contributed by atoms with Crippen LogP contribution in [0.2, 0.25) is 0 Å². The van der Waals surface area contributed by atoms with Crippen molar-refractivity contribution >= 4 is 144 Å². The molecule has 0 saturated heterocycles. The van der Waals surface area contributed by atoms with Gasteiger partial charge < -0.3 is 36.2 Å². The molecule has 0 N–H and O–H groups in total. The normalized spacial score (nSPS) is 19.8. The first-order chi connectivity index (χ1) is 40.5. The van der Waals surface area contributed by atoms with Gasteiger partial charge in [0.05, 0.1) is 50.3 Å². The molecule has 33 heteroatoms. The summed E-state index contributed by atoms with van der Waals surface area (Å²) in [4.78, 5) is 2.33. The van der Waals surface area contributed by atoms with Crippen molar-refractivity contribution < 1.29 is 72.7 Å². The second kappa shape index (κ2) is 54.0. The standard InChI is InChI=1S/C10H24NO2PS.2C8H17O2PS.C8H19O2PS.C7H17O2PS.C6H15O2PS.2C5H13O2PS/c1-9(2)11(10(3)4)7-8-13-14(5,12)15-6;2*1-11(9,12-2)10-8-6-4-3-5-7-8;1-7(8(2,3)4)10-11(5,9)12-6;1-7(2,3)6-9-10(4,8)11-5;1-6(2)5-8-9(3,7)10-4;2*1-5(2)7-8(3,6)9-4/h9-10H,7-8H2,1-6H3;2*8H,3-7H2,1-2H3;7H,1-6H3;6H2,1-5H3;6H,5H2,1-4H3;2*5H,1-4H3/t;2*11-;7?,11-;;;2*8-/m.100..10/s1. The predicted octanol–water partition coefficient (Wildman–Crippen LogP) is 25.2. The van der Waals surface area contributed by atoms with Crippen molar-refractivity contribution in [3.05, 3.63) is 0 Å². The van der Waals surface area contributed by atoms with Crippen molar-refractivity contribution in [2.45, 2.75) is 225 Å². The summed E-state index contributed by atoms with van der Waals surface area (Å²) in [6, 6.07) is 0.998. The van der Waals surface area contributed by atoms with E-state index in [0.717, 1.165) is 32.2 Å². The Balaban J connectivity index is -0.000000225. The highest BCUT2D eigenvalue weighted by molar-refractivity contribution is 8.58. The molecule has 4 unspecified atom stereocenters. The highest BCUT2D eigenvalue weighted by atomic mass is 32.7. The Hall–Kier alpha value is 4.28. The maximum atomic E-state index is 11.6. The average Bonchev–Trinajstić information content (AvgIpc) is 1.88. The molecule has 90 heavy (non-hydrogen) atoms. The van der Waals surface area contributed by atoms with Crippen LogP contribution in [0.1, 0.15) is 182 Å². The van der Waals surface area contributed by atoms with Crippen molar-refractivity contribution in [2.24, 2.45) is 16.7 Å². The topological polar surface area (TPSA) is 214 Å². The fourth-order valence-corrected chi connectivity index (χ4v) is 17.7. The lowest BCUT2D eigenvalue weighted by Gasteiger charge is -2.30. The molecule has 0 aromatic heterocycles. The number of hydrogen-bond acceptors (Lipinski definition) is 25. The minimum absolute atomic E-state index is 0.0285. The van der Waals surface area contributed by atoms with E-state index in [1.807, 2.05) is 79.7 Å². The molecule has 2 fully saturated rings. The van der Waals surface area contributed by atoms with Gasteiger partial charge in [0.1, 0.15) is 0 Å². The van der Waals surface area contributed by atoms with Crippen molar-refractivity contribution in [2.75, 3.05) is 130 Å². The highest BCUT2D eigenvalue weighted by Gasteiger charge is 2.28. The summed E-state index contributed by atoms with van der Waals surface area (Å²) in [6.45, 7) is 31.8. The molecule has 0 aromatic rings. The van der Waals surface area contributed by atoms with Crippen LogP contribution in [-0.2, 0) is 72.7 Å². The molecule has 0 spiro atoms. The summed E-state index contributed by atoms with van der Waals surface area (Å²) in [7, 11) is 0. The zero-order valence-corrected chi connectivity index (χ0v) is 76.0. The van der Waals surface area contributed by atoms with Gasteiger partial charge in [-0.25, -0.2) is 0 Å². The van der Waals surface area contributed by atoms with Crippen LogP contribution in [0.3, 0.4) is 0 Å². The van der Waals surface area contributed by atoms with Crippen LogP contribution in [0.15, 0.2) is 0 Å². The molecule has 2 aliphatic rings. The van der Waals surface area contributed by atoms with Gasteiger partial charge in [0, 0.05) is 71.9 Å². The SMILES string of the molecule is CSP(C)(=O)OCC(C)(C)C.CSP(C)(=O)OCC(C)C.CSP(C)(=O)OCCN(C(C)C)C(C)C.CS[P@@](C)(=O)OC(C)C.CS[P@@](C)(=O)OC(C)C(C)(C)C.CS[P@@](C)(=O)OC1CCCCC1.CS[P@](C)(=O)OC(C)C.CS[P@](C)(=O)OC1CCCCC1. The number of nitrogens with zero attached hydrogens (tertiary/aromatic N) is 1. The van der Waals surface area contributed by atoms with E-state index in [-0.39, 0.29) is 41.3 Å². The Morgan fingerprint density at radius 1 is 0.389 bits per heavy atom. The average molecular weight is 1600 g/mol. The Morgan fingerprint density at radius 2 is 0.667 bits per heavy atom. The molecular weight excluding hydrogens is 1460 g/mol. The molecule has 0 heterocycles. The molecule has 0 amide bonds. The molecule has 2 saturated carbocycles. The molecule has 0 radical (unpaired) electrons. The van der Waals surface area contributed by atoms with E-state index in [9.17, 15) is 36.5 Å². The largest absolute Gasteiger partial charge is 0.321 e. The Kier molecular flexibility index (Phi) is 63.2. The van der Waals surface area contributed by atoms with Gasteiger partial charge in [-0.1, -0.05) is 185 Å². The molecule has 2 aliphatic carbocycles. The van der Waals surface area contributed by atoms with E-state index < -0.39 is 52.6 Å². The van der Waals surface area contributed by atoms with Gasteiger partial charge in [0.15, 0.2) is 0 Å². The summed E-state index contributed by atoms with van der Waals surface area (Å²) < 4.78 is 134. The summed E-state index contributed by atoms with van der Waals surface area (Å²) in [5.74, 6) is 0.459. The smallest absolute Gasteiger partial charge is 0.254 e. The van der Waals surface area contributed by atoms with Gasteiger partial charge >= 0.3 is 0 Å². The minimum Gasteiger partial charge on any atom is -0.321 e. The first kappa shape index (κ1) is 105. The first-order valence-corrected chi connectivity index (χ1v) is 61.9. The number of hydrogen-bond donors (Lipinski definition) is 0. The third-order valence-electron chi connectivity index (χ3n) is 12.2. The van der Waals surface area contributed by atoms with Crippen molar-refractivity contribution in [1.82, 2.24) is 4.90 Å². The Bertz CT molecular complexity index is 2120. The van der Waals surface area contributed by atoms with Gasteiger partial charge in [-0.3, -0.25) is 41.4 Å². The van der Waals surface area contributed by atoms with Gasteiger partial charge in [-0.2, -0.15) is 0 Å². The van der Waals surface area contributed by atoms with E-state index in [1.165, 1.54) is 130 Å². The van der Waals surface area contributed by atoms with Gasteiger partial charge in [0.2, 0.25) is 0 Å². The van der Waals surface area contributed by atoms with Gasteiger partial charge in [-0.05, 0) is 155 Å². The zero-order chi connectivity index (χ0) is 72.4. The van der Waals surface area contributed by atoms with E-state index >= 15 is 0 Å². The Labute approximate surface area is 587 Å². The fraction of sp³-hybridized carbons (Fsp3) is 1.00. The van der Waals surface area contributed by atoms with Gasteiger partial charge in [0.25, 0.3) is 52.6 Å². The van der Waals surface area contributed by atoms with Crippen LogP contribution in [0.4, 0.5) is 0 Å². The van der Waals surface area contributed by atoms with E-state index in [1.54, 1.807) is 72.1 Å². The molecule has 2 rings (SSSR count). The van der Waals surface area contributed by atoms with Crippen LogP contribution in [0.5, 0.6) is 0 Å². The van der Waals surface area contributed by atoms with Crippen LogP contribution in [-0.4, -0.2) is 177 Å². The summed E-state index contributed by atoms with van der Waals surface area (Å²) in [5, 5.41) is 0. The summed E-state index contributed by atoms with van der Waals surface area (Å²) in [5.41, 5.74) is 0.156. The highest BCUT2D eigenvalue weighted by Crippen LogP contribution is 2.60. The lowest BCUT2D eigenvalue weighted by Crippen LogP contribution is -2.39. The Morgan fingerprint density at radius 3 is 0.900 bits per heavy atom. The lowest BCUT2D eigenvalue weighted by molar-refractivity contribution is 0.112. The molecule has 0 bridgehead atoms. The van der Waals surface area contributed by atoms with Crippen LogP contribution < -0.4 is 0 Å². The second-order valence-corrected chi connectivity index (χ2v) is 67.3. The summed E-state index contributed by atoms with van der Waals surface area (Å²) in [6.07, 6.45) is 27.2. The summed E-state index contributed by atoms with van der Waals surface area (Å²) >= 11 is 10.5. The van der Waals surface area contributed by atoms with Crippen molar-refractivity contribution in [3.8, 4) is 0 Å². The molecule has 17 nitrogen and oxygen atoms in total. The predicted molar refractivity (Wildman–Crippen MR) is 424 cm³/mol. The second-order valence-electron chi connectivity index (χ2n) is 25.6. The van der Waals surface area contributed by atoms with E-state index in [2.05, 4.69) is 74.1 Å². The van der Waals surface area contributed by atoms with Crippen LogP contribution in [0.25, 0.3) is 0 Å². The molecular formula is C57H135NO16P8S8. The quantitative estimate of drug-likeness (QED) is 0.0637. The molecule has 552 valence electrons. The third kappa shape index (κ3) is 72.1. The molecule has 0 aromatic carbocycles. The lowest BCUT2D eigenvalue weighted by atomic mass is 9.91.